The number of halogens is 1. The summed E-state index contributed by atoms with van der Waals surface area (Å²) in [5.41, 5.74) is 0.896. The minimum Gasteiger partial charge on any atom is -0.469 e. The van der Waals surface area contributed by atoms with Crippen LogP contribution in [-0.2, 0) is 15.3 Å². The number of ether oxygens (including phenoxy) is 1. The lowest BCUT2D eigenvalue weighted by Gasteiger charge is -2.06. The molecule has 112 valence electrons. The molecule has 1 aromatic heterocycles. The van der Waals surface area contributed by atoms with E-state index in [2.05, 4.69) is 30.8 Å². The Morgan fingerprint density at radius 1 is 1.52 bits per heavy atom. The zero-order valence-electron chi connectivity index (χ0n) is 11.7. The summed E-state index contributed by atoms with van der Waals surface area (Å²) >= 11 is 4.97. The first-order chi connectivity index (χ1) is 10.1. The standard InChI is InChI=1S/C14H15BrN2O3S/c1-9(14(18)19-2)7-21-8-12-16-13(17-20-12)10-4-3-5-11(15)6-10/h3-6,9H,7-8H2,1-2H3. The van der Waals surface area contributed by atoms with Crippen LogP contribution in [-0.4, -0.2) is 29.0 Å². The van der Waals surface area contributed by atoms with Crippen LogP contribution >= 0.6 is 27.7 Å². The Labute approximate surface area is 135 Å². The van der Waals surface area contributed by atoms with Crippen LogP contribution in [0.3, 0.4) is 0 Å². The van der Waals surface area contributed by atoms with Gasteiger partial charge < -0.3 is 9.26 Å². The van der Waals surface area contributed by atoms with Crippen LogP contribution in [0.4, 0.5) is 0 Å². The van der Waals surface area contributed by atoms with E-state index in [0.29, 0.717) is 23.2 Å². The quantitative estimate of drug-likeness (QED) is 0.724. The largest absolute Gasteiger partial charge is 0.469 e. The molecule has 0 aliphatic heterocycles. The third-order valence-corrected chi connectivity index (χ3v) is 4.43. The fourth-order valence-corrected chi connectivity index (χ4v) is 2.95. The van der Waals surface area contributed by atoms with Gasteiger partial charge in [-0.05, 0) is 12.1 Å². The lowest BCUT2D eigenvalue weighted by molar-refractivity contribution is -0.143. The van der Waals surface area contributed by atoms with Crippen molar-refractivity contribution in [1.29, 1.82) is 0 Å². The molecule has 0 aliphatic rings. The van der Waals surface area contributed by atoms with E-state index in [1.54, 1.807) is 11.8 Å². The van der Waals surface area contributed by atoms with E-state index in [0.717, 1.165) is 10.0 Å². The molecule has 0 amide bonds. The molecule has 0 bridgehead atoms. The maximum Gasteiger partial charge on any atom is 0.309 e. The number of carbonyl (C=O) groups is 1. The van der Waals surface area contributed by atoms with Crippen molar-refractivity contribution in [3.8, 4) is 11.4 Å². The highest BCUT2D eigenvalue weighted by Crippen LogP contribution is 2.22. The first-order valence-electron chi connectivity index (χ1n) is 6.34. The summed E-state index contributed by atoms with van der Waals surface area (Å²) in [7, 11) is 1.39. The first-order valence-corrected chi connectivity index (χ1v) is 8.29. The summed E-state index contributed by atoms with van der Waals surface area (Å²) in [6.07, 6.45) is 0. The Balaban J connectivity index is 1.90. The maximum atomic E-state index is 11.3. The summed E-state index contributed by atoms with van der Waals surface area (Å²) in [6, 6.07) is 7.71. The van der Waals surface area contributed by atoms with E-state index < -0.39 is 0 Å². The SMILES string of the molecule is COC(=O)C(C)CSCc1nc(-c2cccc(Br)c2)no1. The van der Waals surface area contributed by atoms with E-state index in [1.807, 2.05) is 31.2 Å². The van der Waals surface area contributed by atoms with Crippen LogP contribution in [0, 0.1) is 5.92 Å². The number of methoxy groups -OCH3 is 1. The molecule has 2 rings (SSSR count). The lowest BCUT2D eigenvalue weighted by Crippen LogP contribution is -2.14. The summed E-state index contributed by atoms with van der Waals surface area (Å²) in [4.78, 5) is 15.6. The zero-order valence-corrected chi connectivity index (χ0v) is 14.1. The minimum absolute atomic E-state index is 0.146. The number of hydrogen-bond acceptors (Lipinski definition) is 6. The molecule has 1 heterocycles. The topological polar surface area (TPSA) is 65.2 Å². The lowest BCUT2D eigenvalue weighted by atomic mass is 10.2. The molecule has 0 N–H and O–H groups in total. The van der Waals surface area contributed by atoms with Crippen LogP contribution in [0.2, 0.25) is 0 Å². The van der Waals surface area contributed by atoms with E-state index in [4.69, 9.17) is 4.52 Å². The normalized spacial score (nSPS) is 12.1. The summed E-state index contributed by atoms with van der Waals surface area (Å²) in [6.45, 7) is 1.83. The van der Waals surface area contributed by atoms with Crippen LogP contribution in [0.1, 0.15) is 12.8 Å². The Morgan fingerprint density at radius 3 is 3.05 bits per heavy atom. The predicted octanol–water partition coefficient (Wildman–Crippen LogP) is 3.54. The van der Waals surface area contributed by atoms with Crippen molar-refractivity contribution >= 4 is 33.7 Å². The molecule has 0 saturated carbocycles. The molecule has 5 nitrogen and oxygen atoms in total. The van der Waals surface area contributed by atoms with Gasteiger partial charge in [-0.1, -0.05) is 40.1 Å². The number of hydrogen-bond donors (Lipinski definition) is 0. The van der Waals surface area contributed by atoms with Gasteiger partial charge in [0.25, 0.3) is 0 Å². The molecule has 0 radical (unpaired) electrons. The van der Waals surface area contributed by atoms with Crippen LogP contribution in [0.15, 0.2) is 33.3 Å². The number of aromatic nitrogens is 2. The van der Waals surface area contributed by atoms with Crippen LogP contribution in [0.5, 0.6) is 0 Å². The van der Waals surface area contributed by atoms with Gasteiger partial charge in [0.2, 0.25) is 11.7 Å². The average Bonchev–Trinajstić information content (AvgIpc) is 2.95. The van der Waals surface area contributed by atoms with Gasteiger partial charge in [0.15, 0.2) is 0 Å². The van der Waals surface area contributed by atoms with Crippen molar-refractivity contribution in [2.24, 2.45) is 5.92 Å². The predicted molar refractivity (Wildman–Crippen MR) is 84.8 cm³/mol. The number of carbonyl (C=O) groups excluding carboxylic acids is 1. The van der Waals surface area contributed by atoms with Crippen LogP contribution < -0.4 is 0 Å². The first kappa shape index (κ1) is 16.0. The average molecular weight is 371 g/mol. The van der Waals surface area contributed by atoms with E-state index in [9.17, 15) is 4.79 Å². The molecule has 0 fully saturated rings. The van der Waals surface area contributed by atoms with Gasteiger partial charge >= 0.3 is 5.97 Å². The molecular weight excluding hydrogens is 356 g/mol. The van der Waals surface area contributed by atoms with Gasteiger partial charge in [0, 0.05) is 15.8 Å². The highest BCUT2D eigenvalue weighted by Gasteiger charge is 2.14. The molecule has 0 saturated heterocycles. The summed E-state index contributed by atoms with van der Waals surface area (Å²) in [5, 5.41) is 3.96. The summed E-state index contributed by atoms with van der Waals surface area (Å²) in [5.74, 6) is 1.99. The third kappa shape index (κ3) is 4.57. The molecular formula is C14H15BrN2O3S. The van der Waals surface area contributed by atoms with Crippen molar-refractivity contribution in [2.45, 2.75) is 12.7 Å². The van der Waals surface area contributed by atoms with Gasteiger partial charge in [-0.15, -0.1) is 0 Å². The number of nitrogens with zero attached hydrogens (tertiary/aromatic N) is 2. The van der Waals surface area contributed by atoms with Gasteiger partial charge in [-0.25, -0.2) is 0 Å². The highest BCUT2D eigenvalue weighted by atomic mass is 79.9. The Bertz CT molecular complexity index is 618. The zero-order chi connectivity index (χ0) is 15.2. The Kier molecular flexibility index (Phi) is 5.81. The van der Waals surface area contributed by atoms with E-state index in [-0.39, 0.29) is 11.9 Å². The highest BCUT2D eigenvalue weighted by molar-refractivity contribution is 9.10. The van der Waals surface area contributed by atoms with E-state index >= 15 is 0 Å². The fraction of sp³-hybridized carbons (Fsp3) is 0.357. The second kappa shape index (κ2) is 7.61. The molecule has 2 aromatic rings. The Hall–Kier alpha value is -1.34. The van der Waals surface area contributed by atoms with Crippen molar-refractivity contribution in [1.82, 2.24) is 10.1 Å². The van der Waals surface area contributed by atoms with Gasteiger partial charge in [-0.2, -0.15) is 16.7 Å². The van der Waals surface area contributed by atoms with E-state index in [1.165, 1.54) is 7.11 Å². The van der Waals surface area contributed by atoms with Crippen molar-refractivity contribution in [2.75, 3.05) is 12.9 Å². The van der Waals surface area contributed by atoms with Crippen molar-refractivity contribution in [3.63, 3.8) is 0 Å². The second-order valence-electron chi connectivity index (χ2n) is 4.46. The van der Waals surface area contributed by atoms with Gasteiger partial charge in [-0.3, -0.25) is 4.79 Å². The fourth-order valence-electron chi connectivity index (χ4n) is 1.65. The molecule has 0 spiro atoms. The molecule has 0 aliphatic carbocycles. The molecule has 7 heteroatoms. The molecule has 1 unspecified atom stereocenters. The molecule has 1 atom stereocenters. The van der Waals surface area contributed by atoms with Crippen molar-refractivity contribution < 1.29 is 14.1 Å². The number of esters is 1. The number of rotatable bonds is 6. The van der Waals surface area contributed by atoms with Gasteiger partial charge in [0.1, 0.15) is 0 Å². The number of thioether (sulfide) groups is 1. The minimum atomic E-state index is -0.206. The molecule has 21 heavy (non-hydrogen) atoms. The smallest absolute Gasteiger partial charge is 0.309 e. The molecule has 1 aromatic carbocycles. The summed E-state index contributed by atoms with van der Waals surface area (Å²) < 4.78 is 10.9. The third-order valence-electron chi connectivity index (χ3n) is 2.75. The van der Waals surface area contributed by atoms with Crippen molar-refractivity contribution in [3.05, 3.63) is 34.6 Å². The van der Waals surface area contributed by atoms with Crippen LogP contribution in [0.25, 0.3) is 11.4 Å². The Morgan fingerprint density at radius 2 is 2.33 bits per heavy atom. The monoisotopic (exact) mass is 370 g/mol. The maximum absolute atomic E-state index is 11.3. The second-order valence-corrected chi connectivity index (χ2v) is 6.41. The number of benzene rings is 1. The van der Waals surface area contributed by atoms with Gasteiger partial charge in [0.05, 0.1) is 18.8 Å².